The third kappa shape index (κ3) is 2.95. The molecule has 0 aliphatic carbocycles. The number of rotatable bonds is 4. The van der Waals surface area contributed by atoms with E-state index in [0.717, 1.165) is 5.56 Å². The van der Waals surface area contributed by atoms with Crippen molar-refractivity contribution in [2.24, 2.45) is 0 Å². The van der Waals surface area contributed by atoms with Gasteiger partial charge in [0.25, 0.3) is 0 Å². The fourth-order valence-corrected chi connectivity index (χ4v) is 2.98. The molecule has 2 unspecified atom stereocenters. The van der Waals surface area contributed by atoms with E-state index in [2.05, 4.69) is 12.6 Å². The van der Waals surface area contributed by atoms with Crippen molar-refractivity contribution in [1.29, 1.82) is 0 Å². The summed E-state index contributed by atoms with van der Waals surface area (Å²) in [6.45, 7) is 2.92. The molecule has 5 nitrogen and oxygen atoms in total. The Morgan fingerprint density at radius 1 is 1.38 bits per heavy atom. The van der Waals surface area contributed by atoms with Gasteiger partial charge < -0.3 is 5.11 Å². The molecule has 0 radical (unpaired) electrons. The minimum atomic E-state index is -1.23. The van der Waals surface area contributed by atoms with Crippen LogP contribution in [0.4, 0.5) is 5.69 Å². The Morgan fingerprint density at radius 2 is 2.00 bits per heavy atom. The zero-order chi connectivity index (χ0) is 15.8. The van der Waals surface area contributed by atoms with Gasteiger partial charge in [-0.2, -0.15) is 12.6 Å². The van der Waals surface area contributed by atoms with Gasteiger partial charge in [-0.25, -0.2) is 4.79 Å². The summed E-state index contributed by atoms with van der Waals surface area (Å²) in [5.74, 6) is -1.69. The van der Waals surface area contributed by atoms with Gasteiger partial charge in [0.1, 0.15) is 11.8 Å². The van der Waals surface area contributed by atoms with Crippen LogP contribution in [0.15, 0.2) is 24.3 Å². The van der Waals surface area contributed by atoms with Gasteiger partial charge >= 0.3 is 5.97 Å². The molecule has 0 aromatic heterocycles. The number of para-hydroxylation sites is 1. The first-order valence-electron chi connectivity index (χ1n) is 6.60. The van der Waals surface area contributed by atoms with Gasteiger partial charge in [-0.3, -0.25) is 14.5 Å². The molecule has 1 heterocycles. The molecular weight excluding hydrogens is 290 g/mol. The Bertz CT molecular complexity index is 611. The number of aliphatic carboxylic acids is 1. The van der Waals surface area contributed by atoms with Gasteiger partial charge in [-0.05, 0) is 25.5 Å². The monoisotopic (exact) mass is 307 g/mol. The first kappa shape index (κ1) is 15.6. The molecule has 0 spiro atoms. The number of Topliss-reactive ketones (excluding diaryl/α,β-unsaturated/α-hetero) is 1. The van der Waals surface area contributed by atoms with Crippen LogP contribution in [-0.4, -0.2) is 33.6 Å². The standard InChI is InChI=1S/C15H17NO4S/c1-9(17)8-15(2,21)14(20)16-11-6-4-3-5-10(11)7-12(16)13(18)19/h3-6,12,21H,7-8H2,1-2H3,(H,18,19). The number of benzene rings is 1. The average molecular weight is 307 g/mol. The molecule has 2 rings (SSSR count). The van der Waals surface area contributed by atoms with Crippen molar-refractivity contribution in [3.63, 3.8) is 0 Å². The van der Waals surface area contributed by atoms with Crippen LogP contribution in [0.25, 0.3) is 0 Å². The van der Waals surface area contributed by atoms with Gasteiger partial charge in [-0.1, -0.05) is 18.2 Å². The zero-order valence-corrected chi connectivity index (χ0v) is 12.8. The lowest BCUT2D eigenvalue weighted by Gasteiger charge is -2.30. The first-order valence-corrected chi connectivity index (χ1v) is 7.05. The largest absolute Gasteiger partial charge is 0.480 e. The number of amides is 1. The number of anilines is 1. The van der Waals surface area contributed by atoms with Crippen molar-refractivity contribution in [2.75, 3.05) is 4.90 Å². The topological polar surface area (TPSA) is 74.7 Å². The average Bonchev–Trinajstić information content (AvgIpc) is 2.75. The highest BCUT2D eigenvalue weighted by atomic mass is 32.1. The van der Waals surface area contributed by atoms with E-state index in [4.69, 9.17) is 0 Å². The summed E-state index contributed by atoms with van der Waals surface area (Å²) < 4.78 is -1.23. The number of thiol groups is 1. The Morgan fingerprint density at radius 3 is 2.57 bits per heavy atom. The van der Waals surface area contributed by atoms with E-state index in [9.17, 15) is 19.5 Å². The molecule has 0 bridgehead atoms. The van der Waals surface area contributed by atoms with Crippen LogP contribution in [0, 0.1) is 0 Å². The van der Waals surface area contributed by atoms with Crippen LogP contribution < -0.4 is 4.90 Å². The van der Waals surface area contributed by atoms with Crippen LogP contribution >= 0.6 is 12.6 Å². The van der Waals surface area contributed by atoms with Crippen LogP contribution in [0.2, 0.25) is 0 Å². The van der Waals surface area contributed by atoms with E-state index in [1.165, 1.54) is 11.8 Å². The van der Waals surface area contributed by atoms with Crippen LogP contribution in [-0.2, 0) is 20.8 Å². The highest BCUT2D eigenvalue weighted by molar-refractivity contribution is 7.82. The second-order valence-electron chi connectivity index (χ2n) is 5.51. The molecule has 6 heteroatoms. The smallest absolute Gasteiger partial charge is 0.327 e. The van der Waals surface area contributed by atoms with Crippen molar-refractivity contribution in [1.82, 2.24) is 0 Å². The summed E-state index contributed by atoms with van der Waals surface area (Å²) in [5.41, 5.74) is 1.39. The number of carboxylic acid groups (broad SMARTS) is 1. The Hall–Kier alpha value is -1.82. The maximum Gasteiger partial charge on any atom is 0.327 e. The van der Waals surface area contributed by atoms with Gasteiger partial charge in [-0.15, -0.1) is 0 Å². The number of carbonyl (C=O) groups is 3. The quantitative estimate of drug-likeness (QED) is 0.830. The Kier molecular flexibility index (Phi) is 4.09. The predicted octanol–water partition coefficient (Wildman–Crippen LogP) is 1.70. The molecular formula is C15H17NO4S. The molecule has 0 saturated heterocycles. The van der Waals surface area contributed by atoms with Crippen molar-refractivity contribution in [2.45, 2.75) is 37.5 Å². The van der Waals surface area contributed by atoms with Crippen molar-refractivity contribution < 1.29 is 19.5 Å². The van der Waals surface area contributed by atoms with Crippen molar-refractivity contribution in [3.8, 4) is 0 Å². The van der Waals surface area contributed by atoms with E-state index >= 15 is 0 Å². The third-order valence-electron chi connectivity index (χ3n) is 3.53. The molecule has 2 atom stereocenters. The molecule has 1 N–H and O–H groups in total. The van der Waals surface area contributed by atoms with Gasteiger partial charge in [0.15, 0.2) is 0 Å². The second-order valence-corrected chi connectivity index (χ2v) is 6.50. The molecule has 21 heavy (non-hydrogen) atoms. The molecule has 1 amide bonds. The van der Waals surface area contributed by atoms with Crippen LogP contribution in [0.1, 0.15) is 25.8 Å². The molecule has 1 aliphatic rings. The fourth-order valence-electron chi connectivity index (χ4n) is 2.65. The number of carbonyl (C=O) groups excluding carboxylic acids is 2. The van der Waals surface area contributed by atoms with E-state index in [1.54, 1.807) is 31.2 Å². The van der Waals surface area contributed by atoms with E-state index < -0.39 is 22.7 Å². The maximum atomic E-state index is 12.7. The minimum Gasteiger partial charge on any atom is -0.480 e. The van der Waals surface area contributed by atoms with Crippen LogP contribution in [0.3, 0.4) is 0 Å². The van der Waals surface area contributed by atoms with Gasteiger partial charge in [0, 0.05) is 18.5 Å². The van der Waals surface area contributed by atoms with E-state index in [0.29, 0.717) is 5.69 Å². The lowest BCUT2D eigenvalue weighted by Crippen LogP contribution is -2.51. The highest BCUT2D eigenvalue weighted by Crippen LogP contribution is 2.36. The number of nitrogens with zero attached hydrogens (tertiary/aromatic N) is 1. The normalized spacial score (nSPS) is 19.8. The second kappa shape index (κ2) is 5.52. The predicted molar refractivity (Wildman–Crippen MR) is 81.7 cm³/mol. The lowest BCUT2D eigenvalue weighted by molar-refractivity contribution is -0.140. The fraction of sp³-hybridized carbons (Fsp3) is 0.400. The SMILES string of the molecule is CC(=O)CC(C)(S)C(=O)N1c2ccccc2CC1C(=O)O. The first-order chi connectivity index (χ1) is 9.74. The molecule has 1 aromatic carbocycles. The van der Waals surface area contributed by atoms with E-state index in [-0.39, 0.29) is 18.6 Å². The zero-order valence-electron chi connectivity index (χ0n) is 11.9. The molecule has 0 fully saturated rings. The summed E-state index contributed by atoms with van der Waals surface area (Å²) in [4.78, 5) is 36.7. The summed E-state index contributed by atoms with van der Waals surface area (Å²) in [6, 6.07) is 6.13. The summed E-state index contributed by atoms with van der Waals surface area (Å²) in [5, 5.41) is 9.37. The number of ketones is 1. The molecule has 112 valence electrons. The lowest BCUT2D eigenvalue weighted by atomic mass is 10.0. The highest BCUT2D eigenvalue weighted by Gasteiger charge is 2.44. The molecule has 1 aliphatic heterocycles. The van der Waals surface area contributed by atoms with E-state index in [1.807, 2.05) is 0 Å². The molecule has 1 aromatic rings. The number of hydrogen-bond acceptors (Lipinski definition) is 4. The number of fused-ring (bicyclic) bond motifs is 1. The molecule has 0 saturated carbocycles. The maximum absolute atomic E-state index is 12.7. The summed E-state index contributed by atoms with van der Waals surface area (Å²) in [7, 11) is 0. The number of hydrogen-bond donors (Lipinski definition) is 2. The third-order valence-corrected chi connectivity index (χ3v) is 3.88. The Balaban J connectivity index is 2.41. The summed E-state index contributed by atoms with van der Waals surface area (Å²) in [6.07, 6.45) is 0.223. The van der Waals surface area contributed by atoms with Crippen LogP contribution in [0.5, 0.6) is 0 Å². The van der Waals surface area contributed by atoms with Crippen molar-refractivity contribution >= 4 is 36.0 Å². The number of carboxylic acids is 1. The van der Waals surface area contributed by atoms with Crippen molar-refractivity contribution in [3.05, 3.63) is 29.8 Å². The van der Waals surface area contributed by atoms with Gasteiger partial charge in [0.05, 0.1) is 4.75 Å². The Labute approximate surface area is 128 Å². The van der Waals surface area contributed by atoms with Gasteiger partial charge in [0.2, 0.25) is 5.91 Å². The minimum absolute atomic E-state index is 0.0417. The summed E-state index contributed by atoms with van der Waals surface area (Å²) >= 11 is 4.29.